The van der Waals surface area contributed by atoms with E-state index in [2.05, 4.69) is 13.8 Å². The second-order valence-corrected chi connectivity index (χ2v) is 7.36. The summed E-state index contributed by atoms with van der Waals surface area (Å²) in [5.41, 5.74) is 1.82. The fourth-order valence-corrected chi connectivity index (χ4v) is 3.31. The number of hydrogen-bond donors (Lipinski definition) is 0. The first kappa shape index (κ1) is 16.4. The highest BCUT2D eigenvalue weighted by Crippen LogP contribution is 2.25. The van der Waals surface area contributed by atoms with Gasteiger partial charge in [-0.25, -0.2) is 8.42 Å². The lowest BCUT2D eigenvalue weighted by atomic mass is 10.0. The summed E-state index contributed by atoms with van der Waals surface area (Å²) in [7, 11) is -0.465. The van der Waals surface area contributed by atoms with E-state index in [-0.39, 0.29) is 4.90 Å². The van der Waals surface area contributed by atoms with Crippen molar-refractivity contribution in [3.63, 3.8) is 0 Å². The lowest BCUT2D eigenvalue weighted by Gasteiger charge is -2.20. The molecule has 4 nitrogen and oxygen atoms in total. The molecule has 0 aliphatic rings. The molecule has 0 N–H and O–H groups in total. The van der Waals surface area contributed by atoms with Gasteiger partial charge in [-0.3, -0.25) is 4.31 Å². The maximum atomic E-state index is 12.6. The average molecular weight is 319 g/mol. The zero-order chi connectivity index (χ0) is 16.3. The van der Waals surface area contributed by atoms with Crippen LogP contribution in [0.4, 0.5) is 5.69 Å². The summed E-state index contributed by atoms with van der Waals surface area (Å²) in [4.78, 5) is 0.240. The van der Waals surface area contributed by atoms with Crippen molar-refractivity contribution in [2.45, 2.75) is 24.7 Å². The van der Waals surface area contributed by atoms with E-state index in [0.717, 1.165) is 0 Å². The van der Waals surface area contributed by atoms with Gasteiger partial charge in [0.15, 0.2) is 0 Å². The SMILES string of the molecule is COc1ccc(S(=O)(=O)N(C)c2ccc(C(C)C)cc2)cc1. The minimum absolute atomic E-state index is 0.240. The zero-order valence-electron chi connectivity index (χ0n) is 13.3. The fraction of sp³-hybridized carbons (Fsp3) is 0.294. The normalized spacial score (nSPS) is 11.5. The molecule has 118 valence electrons. The first-order chi connectivity index (χ1) is 10.4. The van der Waals surface area contributed by atoms with Gasteiger partial charge in [-0.05, 0) is 47.9 Å². The third-order valence-electron chi connectivity index (χ3n) is 3.64. The van der Waals surface area contributed by atoms with Crippen molar-refractivity contribution >= 4 is 15.7 Å². The minimum atomic E-state index is -3.57. The summed E-state index contributed by atoms with van der Waals surface area (Å²) in [6.07, 6.45) is 0. The molecule has 0 fully saturated rings. The van der Waals surface area contributed by atoms with Crippen molar-refractivity contribution < 1.29 is 13.2 Å². The molecule has 0 unspecified atom stereocenters. The summed E-state index contributed by atoms with van der Waals surface area (Å²) in [6, 6.07) is 14.0. The van der Waals surface area contributed by atoms with E-state index < -0.39 is 10.0 Å². The zero-order valence-corrected chi connectivity index (χ0v) is 14.1. The Kier molecular flexibility index (Phi) is 4.76. The molecule has 0 radical (unpaired) electrons. The standard InChI is InChI=1S/C17H21NO3S/c1-13(2)14-5-7-15(8-6-14)18(3)22(19,20)17-11-9-16(21-4)10-12-17/h5-13H,1-4H3. The lowest BCUT2D eigenvalue weighted by Crippen LogP contribution is -2.26. The molecule has 0 saturated carbocycles. The van der Waals surface area contributed by atoms with Crippen LogP contribution in [0.1, 0.15) is 25.3 Å². The Morgan fingerprint density at radius 3 is 1.95 bits per heavy atom. The van der Waals surface area contributed by atoms with Crippen LogP contribution in [-0.2, 0) is 10.0 Å². The fourth-order valence-electron chi connectivity index (χ4n) is 2.11. The van der Waals surface area contributed by atoms with E-state index in [1.165, 1.54) is 9.87 Å². The first-order valence-corrected chi connectivity index (χ1v) is 8.53. The topological polar surface area (TPSA) is 46.6 Å². The van der Waals surface area contributed by atoms with Crippen molar-refractivity contribution in [1.29, 1.82) is 0 Å². The predicted molar refractivity (Wildman–Crippen MR) is 89.1 cm³/mol. The van der Waals surface area contributed by atoms with Crippen LogP contribution in [0.2, 0.25) is 0 Å². The van der Waals surface area contributed by atoms with Crippen molar-refractivity contribution in [2.24, 2.45) is 0 Å². The van der Waals surface area contributed by atoms with Crippen LogP contribution in [0, 0.1) is 0 Å². The van der Waals surface area contributed by atoms with Gasteiger partial charge in [-0.1, -0.05) is 26.0 Å². The lowest BCUT2D eigenvalue weighted by molar-refractivity contribution is 0.414. The van der Waals surface area contributed by atoms with E-state index in [9.17, 15) is 8.42 Å². The highest BCUT2D eigenvalue weighted by atomic mass is 32.2. The molecule has 0 amide bonds. The number of hydrogen-bond acceptors (Lipinski definition) is 3. The Hall–Kier alpha value is -2.01. The van der Waals surface area contributed by atoms with E-state index >= 15 is 0 Å². The molecule has 2 rings (SSSR count). The van der Waals surface area contributed by atoms with Crippen LogP contribution in [0.15, 0.2) is 53.4 Å². The monoisotopic (exact) mass is 319 g/mol. The number of nitrogens with zero attached hydrogens (tertiary/aromatic N) is 1. The maximum absolute atomic E-state index is 12.6. The van der Waals surface area contributed by atoms with Gasteiger partial charge in [0.2, 0.25) is 0 Å². The van der Waals surface area contributed by atoms with Crippen LogP contribution >= 0.6 is 0 Å². The van der Waals surface area contributed by atoms with Crippen LogP contribution < -0.4 is 9.04 Å². The van der Waals surface area contributed by atoms with Crippen LogP contribution in [0.25, 0.3) is 0 Å². The Morgan fingerprint density at radius 2 is 1.50 bits per heavy atom. The average Bonchev–Trinajstić information content (AvgIpc) is 2.54. The summed E-state index contributed by atoms with van der Waals surface area (Å²) in [6.45, 7) is 4.21. The van der Waals surface area contributed by atoms with E-state index in [0.29, 0.717) is 17.4 Å². The van der Waals surface area contributed by atoms with Gasteiger partial charge in [-0.15, -0.1) is 0 Å². The molecule has 2 aromatic rings. The molecular formula is C17H21NO3S. The molecule has 0 saturated heterocycles. The first-order valence-electron chi connectivity index (χ1n) is 7.09. The number of methoxy groups -OCH3 is 1. The van der Waals surface area contributed by atoms with Crippen LogP contribution in [0.3, 0.4) is 0 Å². The van der Waals surface area contributed by atoms with Gasteiger partial charge in [0.1, 0.15) is 5.75 Å². The summed E-state index contributed by atoms with van der Waals surface area (Å²) < 4.78 is 31.6. The molecular weight excluding hydrogens is 298 g/mol. The molecule has 0 heterocycles. The number of ether oxygens (including phenoxy) is 1. The Balaban J connectivity index is 2.31. The van der Waals surface area contributed by atoms with Crippen molar-refractivity contribution in [2.75, 3.05) is 18.5 Å². The molecule has 0 aliphatic carbocycles. The third kappa shape index (κ3) is 3.25. The van der Waals surface area contributed by atoms with E-state index in [4.69, 9.17) is 4.74 Å². The van der Waals surface area contributed by atoms with Gasteiger partial charge < -0.3 is 4.74 Å². The Morgan fingerprint density at radius 1 is 0.955 bits per heavy atom. The molecule has 0 spiro atoms. The van der Waals surface area contributed by atoms with Gasteiger partial charge in [0.25, 0.3) is 10.0 Å². The number of anilines is 1. The molecule has 0 atom stereocenters. The summed E-state index contributed by atoms with van der Waals surface area (Å²) >= 11 is 0. The summed E-state index contributed by atoms with van der Waals surface area (Å²) in [5.74, 6) is 1.04. The molecule has 0 aromatic heterocycles. The molecule has 5 heteroatoms. The van der Waals surface area contributed by atoms with Crippen LogP contribution in [0.5, 0.6) is 5.75 Å². The second-order valence-electron chi connectivity index (χ2n) is 5.39. The van der Waals surface area contributed by atoms with Crippen molar-refractivity contribution in [3.05, 3.63) is 54.1 Å². The van der Waals surface area contributed by atoms with Gasteiger partial charge in [0, 0.05) is 7.05 Å². The largest absolute Gasteiger partial charge is 0.497 e. The second kappa shape index (κ2) is 6.40. The smallest absolute Gasteiger partial charge is 0.264 e. The Bertz CT molecular complexity index is 720. The van der Waals surface area contributed by atoms with E-state index in [1.807, 2.05) is 24.3 Å². The van der Waals surface area contributed by atoms with E-state index in [1.54, 1.807) is 38.4 Å². The molecule has 0 aliphatic heterocycles. The third-order valence-corrected chi connectivity index (χ3v) is 5.44. The Labute approximate surface area is 132 Å². The highest BCUT2D eigenvalue weighted by Gasteiger charge is 2.21. The quantitative estimate of drug-likeness (QED) is 0.845. The van der Waals surface area contributed by atoms with Crippen LogP contribution in [-0.4, -0.2) is 22.6 Å². The van der Waals surface area contributed by atoms with Gasteiger partial charge >= 0.3 is 0 Å². The number of benzene rings is 2. The molecule has 22 heavy (non-hydrogen) atoms. The number of sulfonamides is 1. The summed E-state index contributed by atoms with van der Waals surface area (Å²) in [5, 5.41) is 0. The minimum Gasteiger partial charge on any atom is -0.497 e. The van der Waals surface area contributed by atoms with Crippen molar-refractivity contribution in [3.8, 4) is 5.75 Å². The molecule has 0 bridgehead atoms. The van der Waals surface area contributed by atoms with Crippen molar-refractivity contribution in [1.82, 2.24) is 0 Å². The maximum Gasteiger partial charge on any atom is 0.264 e. The van der Waals surface area contributed by atoms with Gasteiger partial charge in [-0.2, -0.15) is 0 Å². The highest BCUT2D eigenvalue weighted by molar-refractivity contribution is 7.92. The molecule has 2 aromatic carbocycles. The van der Waals surface area contributed by atoms with Gasteiger partial charge in [0.05, 0.1) is 17.7 Å². The predicted octanol–water partition coefficient (Wildman–Crippen LogP) is 3.64. The number of rotatable bonds is 5.